The van der Waals surface area contributed by atoms with Gasteiger partial charge in [-0.15, -0.1) is 0 Å². The first-order valence-electron chi connectivity index (χ1n) is 28.3. The van der Waals surface area contributed by atoms with Crippen LogP contribution in [0.5, 0.6) is 11.5 Å². The molecule has 4 amide bonds. The molecule has 2 aromatic heterocycles. The molecule has 0 unspecified atom stereocenters. The molecule has 3 N–H and O–H groups in total. The Morgan fingerprint density at radius 2 is 0.976 bits per heavy atom. The van der Waals surface area contributed by atoms with Crippen LogP contribution in [0.2, 0.25) is 0 Å². The maximum Gasteiger partial charge on any atom is 0.333 e. The van der Waals surface area contributed by atoms with Crippen LogP contribution >= 0.6 is 0 Å². The molecule has 20 nitrogen and oxygen atoms in total. The fourth-order valence-electron chi connectivity index (χ4n) is 12.5. The van der Waals surface area contributed by atoms with Crippen LogP contribution in [0, 0.1) is 5.92 Å². The van der Waals surface area contributed by atoms with E-state index in [9.17, 15) is 45.9 Å². The van der Waals surface area contributed by atoms with Gasteiger partial charge in [-0.05, 0) is 133 Å². The first-order valence-corrected chi connectivity index (χ1v) is 31.2. The largest absolute Gasteiger partial charge is 0.497 e. The second-order valence-corrected chi connectivity index (χ2v) is 26.7. The zero-order valence-electron chi connectivity index (χ0n) is 48.7. The van der Waals surface area contributed by atoms with Crippen LogP contribution in [-0.2, 0) is 47.9 Å². The summed E-state index contributed by atoms with van der Waals surface area (Å²) >= 11 is 0. The number of methoxy groups -OCH3 is 2. The number of benzene rings is 4. The van der Waals surface area contributed by atoms with Crippen molar-refractivity contribution in [3.63, 3.8) is 0 Å². The molecule has 6 aromatic rings. The number of hydrogen-bond donors (Lipinski definition) is 3. The van der Waals surface area contributed by atoms with Gasteiger partial charge >= 0.3 is 26.4 Å². The molecule has 22 heteroatoms. The minimum atomic E-state index is -3.99. The number of carboxylic acids is 1. The van der Waals surface area contributed by atoms with Crippen molar-refractivity contribution in [2.45, 2.75) is 89.1 Å². The Balaban J connectivity index is 0.000000191. The quantitative estimate of drug-likeness (QED) is 0.0991. The Morgan fingerprint density at radius 1 is 0.560 bits per heavy atom. The van der Waals surface area contributed by atoms with Crippen molar-refractivity contribution in [1.29, 1.82) is 0 Å². The van der Waals surface area contributed by atoms with Gasteiger partial charge in [0.15, 0.2) is 0 Å². The van der Waals surface area contributed by atoms with Gasteiger partial charge in [0.1, 0.15) is 11.5 Å². The van der Waals surface area contributed by atoms with Crippen molar-refractivity contribution < 1.29 is 55.4 Å². The zero-order valence-corrected chi connectivity index (χ0v) is 50.3. The van der Waals surface area contributed by atoms with Gasteiger partial charge in [-0.2, -0.15) is 25.4 Å². The number of aromatic nitrogens is 2. The SMILES string of the molecule is COc1ccc2c(c1)C=C(C(=O)N1CC(C(=O)N(C)C)C1)Cn1c-2c(C2CCCCC2)c2ccc(C(=O)NS(=O)(=O)N(C)C)cc21.COc1ccc2c(c1)C=C(C(=O)O)Cn1c-2c(C2CCCCC2)c2ccc(C(=O)NS(=O)(=O)N(C)C)cc21. The highest BCUT2D eigenvalue weighted by molar-refractivity contribution is 7.88. The summed E-state index contributed by atoms with van der Waals surface area (Å²) in [7, 11) is 4.06. The number of carbonyl (C=O) groups is 5. The third-order valence-corrected chi connectivity index (χ3v) is 19.8. The van der Waals surface area contributed by atoms with E-state index in [4.69, 9.17) is 9.47 Å². The number of hydrogen-bond acceptors (Lipinski definition) is 11. The average molecular weight is 1190 g/mol. The van der Waals surface area contributed by atoms with Crippen LogP contribution in [0.25, 0.3) is 56.5 Å². The van der Waals surface area contributed by atoms with Crippen LogP contribution in [0.3, 0.4) is 0 Å². The lowest BCUT2D eigenvalue weighted by atomic mass is 9.81. The van der Waals surface area contributed by atoms with Crippen LogP contribution in [0.4, 0.5) is 0 Å². The van der Waals surface area contributed by atoms with Gasteiger partial charge in [-0.1, -0.05) is 50.7 Å². The molecule has 84 heavy (non-hydrogen) atoms. The fraction of sp³-hybridized carbons (Fsp3) is 0.403. The number of amides is 4. The minimum absolute atomic E-state index is 0.00637. The van der Waals surface area contributed by atoms with Crippen molar-refractivity contribution in [1.82, 2.24) is 37.0 Å². The van der Waals surface area contributed by atoms with E-state index in [2.05, 4.69) is 14.0 Å². The van der Waals surface area contributed by atoms with Crippen LogP contribution in [-0.4, -0.2) is 149 Å². The molecule has 0 spiro atoms. The molecule has 0 bridgehead atoms. The summed E-state index contributed by atoms with van der Waals surface area (Å²) in [5.74, 6) is -0.975. The van der Waals surface area contributed by atoms with Gasteiger partial charge in [0, 0.05) is 105 Å². The van der Waals surface area contributed by atoms with E-state index in [1.807, 2.05) is 59.2 Å². The Morgan fingerprint density at radius 3 is 1.37 bits per heavy atom. The molecule has 3 fully saturated rings. The molecule has 2 aliphatic carbocycles. The minimum Gasteiger partial charge on any atom is -0.497 e. The Kier molecular flexibility index (Phi) is 16.7. The molecule has 5 heterocycles. The first-order chi connectivity index (χ1) is 40.0. The normalized spacial score (nSPS) is 16.6. The van der Waals surface area contributed by atoms with E-state index >= 15 is 0 Å². The number of ether oxygens (including phenoxy) is 2. The van der Waals surface area contributed by atoms with E-state index in [1.54, 1.807) is 68.5 Å². The molecule has 1 saturated heterocycles. The molecule has 0 atom stereocenters. The molecule has 3 aliphatic heterocycles. The van der Waals surface area contributed by atoms with Crippen molar-refractivity contribution in [3.05, 3.63) is 117 Å². The summed E-state index contributed by atoms with van der Waals surface area (Å²) in [4.78, 5) is 68.3. The zero-order chi connectivity index (χ0) is 60.1. The Bertz CT molecular complexity index is 3950. The third kappa shape index (κ3) is 11.5. The van der Waals surface area contributed by atoms with Gasteiger partial charge in [-0.25, -0.2) is 14.2 Å². The van der Waals surface area contributed by atoms with Crippen LogP contribution in [0.15, 0.2) is 83.9 Å². The molecule has 4 aromatic carbocycles. The van der Waals surface area contributed by atoms with Crippen molar-refractivity contribution >= 4 is 84.0 Å². The molecule has 444 valence electrons. The number of likely N-dealkylation sites (tertiary alicyclic amines) is 1. The number of nitrogens with one attached hydrogen (secondary N) is 2. The Hall–Kier alpha value is -7.79. The van der Waals surface area contributed by atoms with E-state index < -0.39 is 38.2 Å². The van der Waals surface area contributed by atoms with Gasteiger partial charge in [0.2, 0.25) is 5.91 Å². The van der Waals surface area contributed by atoms with Gasteiger partial charge in [0.25, 0.3) is 17.7 Å². The maximum absolute atomic E-state index is 14.0. The third-order valence-electron chi connectivity index (χ3n) is 17.0. The summed E-state index contributed by atoms with van der Waals surface area (Å²) in [5, 5.41) is 12.0. The number of carbonyl (C=O) groups excluding carboxylic acids is 4. The Labute approximate surface area is 490 Å². The van der Waals surface area contributed by atoms with E-state index in [-0.39, 0.29) is 53.4 Å². The standard InChI is InChI=1S/C34H41N5O6S.C28H31N3O6S/c1-36(2)33(41)25-18-38(19-25)34(42)24-15-23-16-26(45-5)12-14-27(23)31-30(21-9-7-6-8-10-21)28-13-11-22(17-29(28)39(31)20-24)32(40)35-46(43,44)37(3)4;1-30(2)38(35,36)29-27(32)18-9-11-23-24(15-18)31-16-20(28(33)34)13-19-14-21(37-3)10-12-22(19)26(31)25(23)17-7-5-4-6-8-17/h11-17,21,25H,6-10,18-20H2,1-5H3,(H,35,40);9-15,17H,4-8,16H2,1-3H3,(H,29,32)(H,33,34). The van der Waals surface area contributed by atoms with Crippen LogP contribution in [0.1, 0.15) is 119 Å². The highest BCUT2D eigenvalue weighted by atomic mass is 32.2. The second-order valence-electron chi connectivity index (χ2n) is 23.0. The predicted octanol–water partition coefficient (Wildman–Crippen LogP) is 8.23. The van der Waals surface area contributed by atoms with Crippen molar-refractivity contribution in [2.75, 3.05) is 69.6 Å². The number of rotatable bonds is 13. The van der Waals surface area contributed by atoms with E-state index in [1.165, 1.54) is 46.6 Å². The number of aliphatic carboxylic acids is 1. The van der Waals surface area contributed by atoms with Gasteiger partial charge in [-0.3, -0.25) is 19.2 Å². The smallest absolute Gasteiger partial charge is 0.333 e. The molecule has 11 rings (SSSR count). The monoisotopic (exact) mass is 1180 g/mol. The summed E-state index contributed by atoms with van der Waals surface area (Å²) < 4.78 is 70.7. The van der Waals surface area contributed by atoms with Crippen LogP contribution < -0.4 is 18.9 Å². The number of fused-ring (bicyclic) bond motifs is 10. The van der Waals surface area contributed by atoms with Crippen molar-refractivity contribution in [2.24, 2.45) is 5.92 Å². The lowest BCUT2D eigenvalue weighted by Gasteiger charge is -2.39. The summed E-state index contributed by atoms with van der Waals surface area (Å²) in [6.07, 6.45) is 14.6. The summed E-state index contributed by atoms with van der Waals surface area (Å²) in [5.41, 5.74) is 10.4. The molecular weight excluding hydrogens is 1110 g/mol. The fourth-order valence-corrected chi connectivity index (χ4v) is 13.6. The predicted molar refractivity (Wildman–Crippen MR) is 322 cm³/mol. The lowest BCUT2D eigenvalue weighted by molar-refractivity contribution is -0.145. The molecular formula is C62H72N8O12S2. The lowest BCUT2D eigenvalue weighted by Crippen LogP contribution is -2.55. The second kappa shape index (κ2) is 23.7. The highest BCUT2D eigenvalue weighted by Gasteiger charge is 2.39. The summed E-state index contributed by atoms with van der Waals surface area (Å²) in [6.45, 7) is 1.06. The van der Waals surface area contributed by atoms with Gasteiger partial charge in [0.05, 0.1) is 50.2 Å². The highest BCUT2D eigenvalue weighted by Crippen LogP contribution is 2.49. The first kappa shape index (κ1) is 59.4. The van der Waals surface area contributed by atoms with E-state index in [0.717, 1.165) is 115 Å². The average Bonchev–Trinajstić information content (AvgIpc) is 2.21. The van der Waals surface area contributed by atoms with Gasteiger partial charge < -0.3 is 33.5 Å². The topological polar surface area (TPSA) is 239 Å². The number of carboxylic acid groups (broad SMARTS) is 1. The summed E-state index contributed by atoms with van der Waals surface area (Å²) in [6, 6.07) is 22.1. The molecule has 5 aliphatic rings. The van der Waals surface area contributed by atoms with E-state index in [0.29, 0.717) is 41.6 Å². The molecule has 0 radical (unpaired) electrons. The van der Waals surface area contributed by atoms with Crippen molar-refractivity contribution in [3.8, 4) is 34.0 Å². The number of nitrogens with zero attached hydrogens (tertiary/aromatic N) is 6. The molecule has 2 saturated carbocycles. The maximum atomic E-state index is 14.0.